The van der Waals surface area contributed by atoms with E-state index in [1.165, 1.54) is 29.7 Å². The number of hydrogen-bond donors (Lipinski definition) is 0. The van der Waals surface area contributed by atoms with E-state index in [-0.39, 0.29) is 0 Å². The first-order valence-electron chi connectivity index (χ1n) is 10.2. The van der Waals surface area contributed by atoms with E-state index >= 15 is 0 Å². The topological polar surface area (TPSA) is 29.0 Å². The minimum absolute atomic E-state index is 0.556. The van der Waals surface area contributed by atoms with E-state index in [1.807, 2.05) is 12.1 Å². The normalized spacial score (nSPS) is 17.2. The highest BCUT2D eigenvalue weighted by Crippen LogP contribution is 2.40. The van der Waals surface area contributed by atoms with Gasteiger partial charge in [0.05, 0.1) is 5.69 Å². The number of aromatic nitrogens is 2. The third-order valence-corrected chi connectivity index (χ3v) is 6.01. The van der Waals surface area contributed by atoms with Crippen LogP contribution in [0.25, 0.3) is 11.3 Å². The van der Waals surface area contributed by atoms with E-state index in [0.717, 1.165) is 54.6 Å². The van der Waals surface area contributed by atoms with E-state index in [1.54, 1.807) is 0 Å². The van der Waals surface area contributed by atoms with Gasteiger partial charge in [-0.05, 0) is 37.0 Å². The van der Waals surface area contributed by atoms with Crippen LogP contribution >= 0.6 is 11.6 Å². The van der Waals surface area contributed by atoms with Gasteiger partial charge in [0.1, 0.15) is 5.82 Å². The molecule has 0 atom stereocenters. The molecule has 0 saturated heterocycles. The number of benzene rings is 2. The van der Waals surface area contributed by atoms with Crippen molar-refractivity contribution in [1.29, 1.82) is 0 Å². The van der Waals surface area contributed by atoms with Gasteiger partial charge in [-0.2, -0.15) is 0 Å². The van der Waals surface area contributed by atoms with Gasteiger partial charge in [0.2, 0.25) is 0 Å². The van der Waals surface area contributed by atoms with E-state index in [9.17, 15) is 0 Å². The first kappa shape index (κ1) is 17.8. The van der Waals surface area contributed by atoms with Crippen LogP contribution in [0, 0.1) is 0 Å². The summed E-state index contributed by atoms with van der Waals surface area (Å²) >= 11 is 6.12. The van der Waals surface area contributed by atoms with Gasteiger partial charge in [-0.3, -0.25) is 4.90 Å². The molecule has 5 rings (SSSR count). The van der Waals surface area contributed by atoms with E-state index in [2.05, 4.69) is 47.4 Å². The molecule has 0 N–H and O–H groups in total. The van der Waals surface area contributed by atoms with Gasteiger partial charge in [-0.15, -0.1) is 0 Å². The molecule has 1 aromatic heterocycles. The van der Waals surface area contributed by atoms with Gasteiger partial charge < -0.3 is 0 Å². The van der Waals surface area contributed by atoms with Crippen LogP contribution in [0.15, 0.2) is 54.6 Å². The molecule has 2 aliphatic rings. The summed E-state index contributed by atoms with van der Waals surface area (Å²) in [4.78, 5) is 12.6. The molecule has 2 aromatic carbocycles. The molecule has 0 amide bonds. The molecule has 2 heterocycles. The summed E-state index contributed by atoms with van der Waals surface area (Å²) in [5.41, 5.74) is 6.21. The Labute approximate surface area is 171 Å². The quantitative estimate of drug-likeness (QED) is 0.608. The summed E-state index contributed by atoms with van der Waals surface area (Å²) in [5.74, 6) is 1.60. The Balaban J connectivity index is 1.46. The second kappa shape index (κ2) is 7.65. The number of rotatable bonds is 4. The van der Waals surface area contributed by atoms with Crippen molar-refractivity contribution in [3.63, 3.8) is 0 Å². The monoisotopic (exact) mass is 389 g/mol. The number of hydrogen-bond acceptors (Lipinski definition) is 3. The molecular formula is C24H24ClN3. The maximum Gasteiger partial charge on any atom is 0.132 e. The lowest BCUT2D eigenvalue weighted by atomic mass is 10.0. The van der Waals surface area contributed by atoms with Crippen LogP contribution in [-0.2, 0) is 19.4 Å². The molecular weight excluding hydrogens is 366 g/mol. The minimum Gasteiger partial charge on any atom is -0.298 e. The zero-order valence-corrected chi connectivity index (χ0v) is 16.7. The first-order chi connectivity index (χ1) is 13.8. The summed E-state index contributed by atoms with van der Waals surface area (Å²) in [6.45, 7) is 3.08. The third kappa shape index (κ3) is 3.82. The van der Waals surface area contributed by atoms with Crippen LogP contribution in [0.1, 0.15) is 41.4 Å². The molecule has 0 unspecified atom stereocenters. The van der Waals surface area contributed by atoms with Crippen molar-refractivity contribution in [2.24, 2.45) is 0 Å². The fraction of sp³-hybridized carbons (Fsp3) is 0.333. The summed E-state index contributed by atoms with van der Waals surface area (Å²) in [7, 11) is 0. The molecule has 0 bridgehead atoms. The van der Waals surface area contributed by atoms with Crippen molar-refractivity contribution in [2.45, 2.75) is 38.1 Å². The highest BCUT2D eigenvalue weighted by molar-refractivity contribution is 6.30. The molecule has 3 aromatic rings. The van der Waals surface area contributed by atoms with Crippen molar-refractivity contribution >= 4 is 11.6 Å². The fourth-order valence-electron chi connectivity index (χ4n) is 4.04. The molecule has 0 radical (unpaired) electrons. The Bertz CT molecular complexity index is 965. The average Bonchev–Trinajstić information content (AvgIpc) is 3.57. The first-order valence-corrected chi connectivity index (χ1v) is 10.6. The summed E-state index contributed by atoms with van der Waals surface area (Å²) in [6.07, 6.45) is 4.42. The highest BCUT2D eigenvalue weighted by atomic mass is 35.5. The van der Waals surface area contributed by atoms with Crippen LogP contribution < -0.4 is 0 Å². The van der Waals surface area contributed by atoms with Crippen LogP contribution in [0.5, 0.6) is 0 Å². The number of halogens is 1. The van der Waals surface area contributed by atoms with Gasteiger partial charge in [-0.1, -0.05) is 54.1 Å². The highest BCUT2D eigenvalue weighted by Gasteiger charge is 2.29. The van der Waals surface area contributed by atoms with Crippen LogP contribution in [0.4, 0.5) is 0 Å². The van der Waals surface area contributed by atoms with Gasteiger partial charge in [0.25, 0.3) is 0 Å². The average molecular weight is 390 g/mol. The third-order valence-electron chi connectivity index (χ3n) is 5.76. The van der Waals surface area contributed by atoms with Gasteiger partial charge in [0.15, 0.2) is 0 Å². The number of nitrogens with zero attached hydrogens (tertiary/aromatic N) is 3. The van der Waals surface area contributed by atoms with Crippen molar-refractivity contribution in [3.05, 3.63) is 82.3 Å². The van der Waals surface area contributed by atoms with Crippen molar-refractivity contribution in [3.8, 4) is 11.3 Å². The smallest absolute Gasteiger partial charge is 0.132 e. The molecule has 3 nitrogen and oxygen atoms in total. The van der Waals surface area contributed by atoms with Gasteiger partial charge >= 0.3 is 0 Å². The Kier molecular flexibility index (Phi) is 4.87. The summed E-state index contributed by atoms with van der Waals surface area (Å²) in [5, 5.41) is 0.764. The Hall–Kier alpha value is -2.23. The molecule has 1 saturated carbocycles. The van der Waals surface area contributed by atoms with Gasteiger partial charge in [-0.25, -0.2) is 9.97 Å². The maximum atomic E-state index is 6.12. The predicted molar refractivity (Wildman–Crippen MR) is 114 cm³/mol. The largest absolute Gasteiger partial charge is 0.298 e. The Morgan fingerprint density at radius 1 is 0.893 bits per heavy atom. The predicted octanol–water partition coefficient (Wildman–Crippen LogP) is 5.28. The second-order valence-electron chi connectivity index (χ2n) is 7.90. The van der Waals surface area contributed by atoms with Crippen molar-refractivity contribution in [2.75, 3.05) is 13.1 Å². The molecule has 0 spiro atoms. The van der Waals surface area contributed by atoms with Crippen LogP contribution in [-0.4, -0.2) is 28.0 Å². The lowest BCUT2D eigenvalue weighted by molar-refractivity contribution is 0.279. The molecule has 1 aliphatic carbocycles. The molecule has 4 heteroatoms. The Morgan fingerprint density at radius 3 is 2.39 bits per heavy atom. The zero-order valence-electron chi connectivity index (χ0n) is 15.9. The summed E-state index contributed by atoms with van der Waals surface area (Å²) in [6, 6.07) is 18.8. The maximum absolute atomic E-state index is 6.12. The zero-order chi connectivity index (χ0) is 18.9. The fourth-order valence-corrected chi connectivity index (χ4v) is 4.16. The number of fused-ring (bicyclic) bond motifs is 1. The van der Waals surface area contributed by atoms with Crippen molar-refractivity contribution < 1.29 is 0 Å². The second-order valence-corrected chi connectivity index (χ2v) is 8.34. The SMILES string of the molecule is Clc1ccc(-c2nc(C3CC3)nc3c2CCN(Cc2ccccc2)CC3)cc1. The Morgan fingerprint density at radius 2 is 1.64 bits per heavy atom. The van der Waals surface area contributed by atoms with E-state index < -0.39 is 0 Å². The van der Waals surface area contributed by atoms with Gasteiger partial charge in [0, 0.05) is 53.8 Å². The molecule has 1 fully saturated rings. The van der Waals surface area contributed by atoms with Crippen LogP contribution in [0.2, 0.25) is 5.02 Å². The molecule has 1 aliphatic heterocycles. The lowest BCUT2D eigenvalue weighted by Crippen LogP contribution is -2.25. The van der Waals surface area contributed by atoms with E-state index in [0.29, 0.717) is 5.92 Å². The molecule has 28 heavy (non-hydrogen) atoms. The lowest BCUT2D eigenvalue weighted by Gasteiger charge is -2.19. The van der Waals surface area contributed by atoms with Crippen LogP contribution in [0.3, 0.4) is 0 Å². The standard InChI is InChI=1S/C24H24ClN3/c25-20-10-8-18(9-11-20)23-21-12-14-28(16-17-4-2-1-3-5-17)15-13-22(21)26-24(27-23)19-6-7-19/h1-5,8-11,19H,6-7,12-16H2. The van der Waals surface area contributed by atoms with E-state index in [4.69, 9.17) is 21.6 Å². The van der Waals surface area contributed by atoms with Crippen molar-refractivity contribution in [1.82, 2.24) is 14.9 Å². The molecule has 142 valence electrons. The minimum atomic E-state index is 0.556. The summed E-state index contributed by atoms with van der Waals surface area (Å²) < 4.78 is 0.